The quantitative estimate of drug-likeness (QED) is 0.933. The Morgan fingerprint density at radius 2 is 2.05 bits per heavy atom. The van der Waals surface area contributed by atoms with Crippen LogP contribution in [0.25, 0.3) is 0 Å². The third kappa shape index (κ3) is 3.41. The molecular formula is C17H20N2S. The summed E-state index contributed by atoms with van der Waals surface area (Å²) in [4.78, 5) is 4.38. The topological polar surface area (TPSA) is 24.9 Å². The van der Waals surface area contributed by atoms with Gasteiger partial charge in [-0.05, 0) is 35.4 Å². The van der Waals surface area contributed by atoms with Gasteiger partial charge in [0.25, 0.3) is 0 Å². The molecule has 1 atom stereocenters. The van der Waals surface area contributed by atoms with Crippen LogP contribution in [-0.2, 0) is 12.8 Å². The molecule has 3 heteroatoms. The second kappa shape index (κ2) is 6.91. The zero-order chi connectivity index (χ0) is 13.6. The third-order valence-corrected chi connectivity index (χ3v) is 4.79. The zero-order valence-electron chi connectivity index (χ0n) is 11.6. The average molecular weight is 284 g/mol. The van der Waals surface area contributed by atoms with E-state index in [4.69, 9.17) is 0 Å². The normalized spacial score (nSPS) is 18.3. The number of aromatic nitrogens is 1. The number of benzene rings is 1. The van der Waals surface area contributed by atoms with E-state index in [-0.39, 0.29) is 0 Å². The SMILES string of the molecule is c1ccc(CCNC2CSCCc3ccccc32)nc1. The fourth-order valence-corrected chi connectivity index (χ4v) is 3.73. The Hall–Kier alpha value is -1.32. The Morgan fingerprint density at radius 3 is 2.95 bits per heavy atom. The van der Waals surface area contributed by atoms with E-state index in [0.717, 1.165) is 18.7 Å². The molecule has 20 heavy (non-hydrogen) atoms. The van der Waals surface area contributed by atoms with E-state index in [2.05, 4.69) is 46.7 Å². The monoisotopic (exact) mass is 284 g/mol. The molecule has 0 amide bonds. The summed E-state index contributed by atoms with van der Waals surface area (Å²) in [5.74, 6) is 2.40. The molecule has 1 N–H and O–H groups in total. The van der Waals surface area contributed by atoms with Gasteiger partial charge in [0.15, 0.2) is 0 Å². The number of hydrogen-bond donors (Lipinski definition) is 1. The van der Waals surface area contributed by atoms with Crippen LogP contribution < -0.4 is 5.32 Å². The maximum Gasteiger partial charge on any atom is 0.0416 e. The molecule has 0 bridgehead atoms. The van der Waals surface area contributed by atoms with E-state index in [9.17, 15) is 0 Å². The van der Waals surface area contributed by atoms with Crippen LogP contribution in [0, 0.1) is 0 Å². The highest BCUT2D eigenvalue weighted by atomic mass is 32.2. The number of nitrogens with one attached hydrogen (secondary N) is 1. The minimum absolute atomic E-state index is 0.474. The molecule has 1 aromatic heterocycles. The zero-order valence-corrected chi connectivity index (χ0v) is 12.4. The van der Waals surface area contributed by atoms with Crippen molar-refractivity contribution in [2.24, 2.45) is 0 Å². The summed E-state index contributed by atoms with van der Waals surface area (Å²) in [7, 11) is 0. The molecule has 1 unspecified atom stereocenters. The molecule has 0 saturated heterocycles. The van der Waals surface area contributed by atoms with Gasteiger partial charge < -0.3 is 5.32 Å². The Bertz CT molecular complexity index is 542. The lowest BCUT2D eigenvalue weighted by atomic mass is 9.99. The van der Waals surface area contributed by atoms with E-state index >= 15 is 0 Å². The summed E-state index contributed by atoms with van der Waals surface area (Å²) < 4.78 is 0. The first-order chi connectivity index (χ1) is 9.93. The second-order valence-corrected chi connectivity index (χ2v) is 6.25. The molecule has 2 heterocycles. The highest BCUT2D eigenvalue weighted by molar-refractivity contribution is 7.99. The molecule has 0 aliphatic carbocycles. The molecule has 1 aromatic carbocycles. The van der Waals surface area contributed by atoms with E-state index < -0.39 is 0 Å². The largest absolute Gasteiger partial charge is 0.309 e. The molecule has 0 spiro atoms. The lowest BCUT2D eigenvalue weighted by Crippen LogP contribution is -2.26. The molecular weight excluding hydrogens is 264 g/mol. The predicted octanol–water partition coefficient (Wildman–Crippen LogP) is 3.24. The molecule has 0 fully saturated rings. The van der Waals surface area contributed by atoms with Crippen LogP contribution in [0.2, 0.25) is 0 Å². The molecule has 2 nitrogen and oxygen atoms in total. The summed E-state index contributed by atoms with van der Waals surface area (Å²) >= 11 is 2.05. The van der Waals surface area contributed by atoms with Crippen molar-refractivity contribution in [3.8, 4) is 0 Å². The fraction of sp³-hybridized carbons (Fsp3) is 0.353. The number of nitrogens with zero attached hydrogens (tertiary/aromatic N) is 1. The van der Waals surface area contributed by atoms with Crippen molar-refractivity contribution in [3.63, 3.8) is 0 Å². The Labute approximate surface area is 125 Å². The Kier molecular flexibility index (Phi) is 4.72. The third-order valence-electron chi connectivity index (χ3n) is 3.73. The van der Waals surface area contributed by atoms with Crippen molar-refractivity contribution in [2.75, 3.05) is 18.1 Å². The molecule has 0 radical (unpaired) electrons. The summed E-state index contributed by atoms with van der Waals surface area (Å²) in [5.41, 5.74) is 4.15. The molecule has 0 saturated carbocycles. The van der Waals surface area contributed by atoms with Crippen molar-refractivity contribution >= 4 is 11.8 Å². The van der Waals surface area contributed by atoms with Crippen LogP contribution in [0.1, 0.15) is 22.9 Å². The van der Waals surface area contributed by atoms with Gasteiger partial charge in [0, 0.05) is 36.7 Å². The maximum atomic E-state index is 4.38. The van der Waals surface area contributed by atoms with E-state index in [1.807, 2.05) is 24.0 Å². The minimum Gasteiger partial charge on any atom is -0.309 e. The number of hydrogen-bond acceptors (Lipinski definition) is 3. The van der Waals surface area contributed by atoms with Gasteiger partial charge in [-0.25, -0.2) is 0 Å². The first-order valence-electron chi connectivity index (χ1n) is 7.22. The number of thioether (sulfide) groups is 1. The minimum atomic E-state index is 0.474. The van der Waals surface area contributed by atoms with Crippen molar-refractivity contribution in [1.82, 2.24) is 10.3 Å². The predicted molar refractivity (Wildman–Crippen MR) is 86.2 cm³/mol. The van der Waals surface area contributed by atoms with Crippen molar-refractivity contribution in [3.05, 3.63) is 65.5 Å². The number of fused-ring (bicyclic) bond motifs is 1. The van der Waals surface area contributed by atoms with Crippen LogP contribution in [0.15, 0.2) is 48.7 Å². The summed E-state index contributed by atoms with van der Waals surface area (Å²) in [6.07, 6.45) is 4.05. The number of rotatable bonds is 4. The van der Waals surface area contributed by atoms with Crippen LogP contribution >= 0.6 is 11.8 Å². The van der Waals surface area contributed by atoms with Crippen LogP contribution in [-0.4, -0.2) is 23.0 Å². The van der Waals surface area contributed by atoms with E-state index in [0.29, 0.717) is 6.04 Å². The number of aryl methyl sites for hydroxylation is 1. The van der Waals surface area contributed by atoms with Gasteiger partial charge in [-0.3, -0.25) is 4.98 Å². The first kappa shape index (κ1) is 13.7. The van der Waals surface area contributed by atoms with Crippen LogP contribution in [0.3, 0.4) is 0 Å². The van der Waals surface area contributed by atoms with Crippen molar-refractivity contribution in [1.29, 1.82) is 0 Å². The smallest absolute Gasteiger partial charge is 0.0416 e. The molecule has 1 aliphatic rings. The Morgan fingerprint density at radius 1 is 1.15 bits per heavy atom. The second-order valence-electron chi connectivity index (χ2n) is 5.10. The standard InChI is InChI=1S/C17H20N2S/c1-2-7-16-14(5-1)9-12-20-13-17(16)19-11-8-15-6-3-4-10-18-15/h1-7,10,17,19H,8-9,11-13H2. The highest BCUT2D eigenvalue weighted by Crippen LogP contribution is 2.27. The van der Waals surface area contributed by atoms with Gasteiger partial charge in [0.1, 0.15) is 0 Å². The lowest BCUT2D eigenvalue weighted by Gasteiger charge is -2.18. The van der Waals surface area contributed by atoms with Crippen molar-refractivity contribution in [2.45, 2.75) is 18.9 Å². The van der Waals surface area contributed by atoms with Gasteiger partial charge in [-0.2, -0.15) is 11.8 Å². The highest BCUT2D eigenvalue weighted by Gasteiger charge is 2.17. The van der Waals surface area contributed by atoms with Gasteiger partial charge >= 0.3 is 0 Å². The lowest BCUT2D eigenvalue weighted by molar-refractivity contribution is 0.579. The molecule has 104 valence electrons. The first-order valence-corrected chi connectivity index (χ1v) is 8.38. The van der Waals surface area contributed by atoms with E-state index in [1.165, 1.54) is 29.1 Å². The van der Waals surface area contributed by atoms with Gasteiger partial charge in [-0.15, -0.1) is 0 Å². The Balaban J connectivity index is 1.62. The van der Waals surface area contributed by atoms with Gasteiger partial charge in [0.05, 0.1) is 0 Å². The fourth-order valence-electron chi connectivity index (χ4n) is 2.66. The molecule has 1 aliphatic heterocycles. The molecule has 3 rings (SSSR count). The summed E-state index contributed by atoms with van der Waals surface area (Å²) in [6.45, 7) is 0.983. The summed E-state index contributed by atoms with van der Waals surface area (Å²) in [6, 6.07) is 15.4. The summed E-state index contributed by atoms with van der Waals surface area (Å²) in [5, 5.41) is 3.71. The van der Waals surface area contributed by atoms with Crippen LogP contribution in [0.4, 0.5) is 0 Å². The molecule has 2 aromatic rings. The van der Waals surface area contributed by atoms with Gasteiger partial charge in [-0.1, -0.05) is 30.3 Å². The van der Waals surface area contributed by atoms with E-state index in [1.54, 1.807) is 0 Å². The van der Waals surface area contributed by atoms with Crippen molar-refractivity contribution < 1.29 is 0 Å². The number of pyridine rings is 1. The van der Waals surface area contributed by atoms with Crippen LogP contribution in [0.5, 0.6) is 0 Å². The maximum absolute atomic E-state index is 4.38. The average Bonchev–Trinajstić information content (AvgIpc) is 2.71. The van der Waals surface area contributed by atoms with Gasteiger partial charge in [0.2, 0.25) is 0 Å².